The monoisotopic (exact) mass is 426 g/mol. The Morgan fingerprint density at radius 3 is 2.67 bits per heavy atom. The normalized spacial score (nSPS) is 18.2. The number of halogens is 1. The number of hydrogen-bond acceptors (Lipinski definition) is 4. The van der Waals surface area contributed by atoms with Crippen LogP contribution in [0.15, 0.2) is 36.4 Å². The third-order valence-electron chi connectivity index (χ3n) is 6.07. The molecule has 0 saturated carbocycles. The highest BCUT2D eigenvalue weighted by atomic mass is 35.5. The summed E-state index contributed by atoms with van der Waals surface area (Å²) < 4.78 is 5.60. The van der Waals surface area contributed by atoms with Crippen LogP contribution in [0.5, 0.6) is 5.75 Å². The second kappa shape index (κ2) is 9.19. The molecule has 0 bridgehead atoms. The zero-order valence-corrected chi connectivity index (χ0v) is 18.0. The molecule has 0 unspecified atom stereocenters. The largest absolute Gasteiger partial charge is 0.496 e. The van der Waals surface area contributed by atoms with Crippen LogP contribution >= 0.6 is 11.6 Å². The second-order valence-corrected chi connectivity index (χ2v) is 8.44. The van der Waals surface area contributed by atoms with Crippen LogP contribution in [0.25, 0.3) is 0 Å². The minimum absolute atomic E-state index is 0.0517. The Bertz CT molecular complexity index is 943. The molecule has 158 valence electrons. The Kier molecular flexibility index (Phi) is 6.40. The molecule has 0 spiro atoms. The van der Waals surface area contributed by atoms with Gasteiger partial charge in [-0.2, -0.15) is 0 Å². The quantitative estimate of drug-likeness (QED) is 0.642. The molecular weight excluding hydrogens is 400 g/mol. The van der Waals surface area contributed by atoms with E-state index in [1.54, 1.807) is 7.11 Å². The van der Waals surface area contributed by atoms with Gasteiger partial charge in [-0.15, -0.1) is 0 Å². The van der Waals surface area contributed by atoms with Crippen LogP contribution in [-0.2, 0) is 29.0 Å². The van der Waals surface area contributed by atoms with E-state index in [9.17, 15) is 9.59 Å². The van der Waals surface area contributed by atoms with Gasteiger partial charge in [-0.3, -0.25) is 14.5 Å². The number of likely N-dealkylation sites (tertiary alicyclic amines) is 1. The van der Waals surface area contributed by atoms with E-state index >= 15 is 0 Å². The molecule has 1 heterocycles. The van der Waals surface area contributed by atoms with Crippen molar-refractivity contribution in [3.8, 4) is 5.75 Å². The summed E-state index contributed by atoms with van der Waals surface area (Å²) in [6, 6.07) is 12.8. The van der Waals surface area contributed by atoms with Crippen molar-refractivity contribution in [1.82, 2.24) is 10.2 Å². The molecule has 1 aliphatic heterocycles. The number of methoxy groups -OCH3 is 1. The zero-order chi connectivity index (χ0) is 21.1. The smallest absolute Gasteiger partial charge is 0.229 e. The molecule has 1 aliphatic carbocycles. The molecule has 1 saturated heterocycles. The summed E-state index contributed by atoms with van der Waals surface area (Å²) >= 11 is 6.11. The van der Waals surface area contributed by atoms with Crippen molar-refractivity contribution in [2.24, 2.45) is 0 Å². The van der Waals surface area contributed by atoms with Crippen molar-refractivity contribution in [2.45, 2.75) is 51.1 Å². The number of rotatable bonds is 8. The van der Waals surface area contributed by atoms with E-state index in [0.29, 0.717) is 25.4 Å². The number of carbonyl (C=O) groups is 2. The number of nitrogens with zero attached hydrogens (tertiary/aromatic N) is 1. The summed E-state index contributed by atoms with van der Waals surface area (Å²) in [6.07, 6.45) is 4.35. The van der Waals surface area contributed by atoms with Crippen LogP contribution in [0.3, 0.4) is 0 Å². The fourth-order valence-electron chi connectivity index (χ4n) is 4.44. The van der Waals surface area contributed by atoms with E-state index in [1.165, 1.54) is 21.6 Å². The number of hydrogen-bond donors (Lipinski definition) is 1. The number of ether oxygens (including phenoxy) is 1. The highest BCUT2D eigenvalue weighted by Gasteiger charge is 2.28. The molecule has 30 heavy (non-hydrogen) atoms. The van der Waals surface area contributed by atoms with Crippen LogP contribution in [0, 0.1) is 0 Å². The van der Waals surface area contributed by atoms with Crippen LogP contribution in [0.4, 0.5) is 0 Å². The Hall–Kier alpha value is -2.37. The van der Waals surface area contributed by atoms with E-state index in [2.05, 4.69) is 35.6 Å². The first kappa shape index (κ1) is 20.9. The van der Waals surface area contributed by atoms with Crippen LogP contribution in [0.1, 0.15) is 54.0 Å². The maximum absolute atomic E-state index is 11.7. The van der Waals surface area contributed by atoms with Gasteiger partial charge in [0.05, 0.1) is 7.11 Å². The van der Waals surface area contributed by atoms with Crippen molar-refractivity contribution in [2.75, 3.05) is 13.7 Å². The maximum atomic E-state index is 11.7. The van der Waals surface area contributed by atoms with Gasteiger partial charge >= 0.3 is 0 Å². The van der Waals surface area contributed by atoms with Gasteiger partial charge in [0, 0.05) is 37.0 Å². The van der Waals surface area contributed by atoms with E-state index in [-0.39, 0.29) is 11.8 Å². The molecule has 5 nitrogen and oxygen atoms in total. The minimum atomic E-state index is -0.0517. The molecule has 1 fully saturated rings. The molecule has 2 aromatic carbocycles. The van der Waals surface area contributed by atoms with Gasteiger partial charge in [0.2, 0.25) is 11.8 Å². The van der Waals surface area contributed by atoms with E-state index in [4.69, 9.17) is 16.3 Å². The lowest BCUT2D eigenvalue weighted by Crippen LogP contribution is -2.30. The molecule has 6 heteroatoms. The lowest BCUT2D eigenvalue weighted by molar-refractivity contribution is -0.138. The molecule has 1 atom stereocenters. The lowest BCUT2D eigenvalue weighted by atomic mass is 10.0. The van der Waals surface area contributed by atoms with Crippen molar-refractivity contribution in [1.29, 1.82) is 0 Å². The summed E-state index contributed by atoms with van der Waals surface area (Å²) in [7, 11) is 1.68. The number of carbonyl (C=O) groups excluding carboxylic acids is 2. The summed E-state index contributed by atoms with van der Waals surface area (Å²) in [5.74, 6) is 0.750. The average molecular weight is 427 g/mol. The molecule has 4 rings (SSSR count). The SMILES string of the molecule is COc1cc(CN[C@H]2CCc3cc(Cl)ccc32)ccc1CCCN1C(=O)CCC1=O. The molecule has 0 aromatic heterocycles. The maximum Gasteiger partial charge on any atom is 0.229 e. The zero-order valence-electron chi connectivity index (χ0n) is 17.2. The molecular formula is C24H27ClN2O3. The van der Waals surface area contributed by atoms with E-state index in [1.807, 2.05) is 6.07 Å². The molecule has 2 aliphatic rings. The van der Waals surface area contributed by atoms with Crippen molar-refractivity contribution in [3.63, 3.8) is 0 Å². The standard InChI is InChI=1S/C24H27ClN2O3/c1-30-22-13-16(15-26-21-9-6-18-14-19(25)7-8-20(18)21)4-5-17(22)3-2-12-27-23(28)10-11-24(27)29/h4-5,7-8,13-14,21,26H,2-3,6,9-12,15H2,1H3/t21-/m0/s1. The topological polar surface area (TPSA) is 58.6 Å². The summed E-state index contributed by atoms with van der Waals surface area (Å²) in [5.41, 5.74) is 4.95. The molecule has 1 N–H and O–H groups in total. The van der Waals surface area contributed by atoms with Crippen molar-refractivity contribution in [3.05, 3.63) is 63.7 Å². The Labute approximate surface area is 182 Å². The summed E-state index contributed by atoms with van der Waals surface area (Å²) in [4.78, 5) is 24.9. The predicted molar refractivity (Wildman–Crippen MR) is 117 cm³/mol. The lowest BCUT2D eigenvalue weighted by Gasteiger charge is -2.17. The number of benzene rings is 2. The van der Waals surface area contributed by atoms with Gasteiger partial charge in [0.1, 0.15) is 5.75 Å². The predicted octanol–water partition coefficient (Wildman–Crippen LogP) is 4.21. The number of fused-ring (bicyclic) bond motifs is 1. The second-order valence-electron chi connectivity index (χ2n) is 8.00. The van der Waals surface area contributed by atoms with Crippen molar-refractivity contribution < 1.29 is 14.3 Å². The first-order chi connectivity index (χ1) is 14.5. The fourth-order valence-corrected chi connectivity index (χ4v) is 4.64. The minimum Gasteiger partial charge on any atom is -0.496 e. The van der Waals surface area contributed by atoms with Crippen LogP contribution in [0.2, 0.25) is 5.02 Å². The van der Waals surface area contributed by atoms with E-state index < -0.39 is 0 Å². The van der Waals surface area contributed by atoms with Crippen molar-refractivity contribution >= 4 is 23.4 Å². The Morgan fingerprint density at radius 2 is 1.90 bits per heavy atom. The van der Waals surface area contributed by atoms with Crippen LogP contribution < -0.4 is 10.1 Å². The van der Waals surface area contributed by atoms with Gasteiger partial charge < -0.3 is 10.1 Å². The first-order valence-electron chi connectivity index (χ1n) is 10.6. The number of nitrogens with one attached hydrogen (secondary N) is 1. The highest BCUT2D eigenvalue weighted by molar-refractivity contribution is 6.30. The fraction of sp³-hybridized carbons (Fsp3) is 0.417. The first-order valence-corrected chi connectivity index (χ1v) is 10.9. The highest BCUT2D eigenvalue weighted by Crippen LogP contribution is 2.33. The summed E-state index contributed by atoms with van der Waals surface area (Å²) in [6.45, 7) is 1.25. The molecule has 2 aromatic rings. The van der Waals surface area contributed by atoms with Gasteiger partial charge in [-0.1, -0.05) is 29.8 Å². The van der Waals surface area contributed by atoms with Gasteiger partial charge in [0.15, 0.2) is 0 Å². The number of amides is 2. The average Bonchev–Trinajstić information content (AvgIpc) is 3.29. The third kappa shape index (κ3) is 4.52. The number of aryl methyl sites for hydroxylation is 2. The van der Waals surface area contributed by atoms with E-state index in [0.717, 1.165) is 48.6 Å². The molecule has 2 amide bonds. The Balaban J connectivity index is 1.33. The van der Waals surface area contributed by atoms with Crippen LogP contribution in [-0.4, -0.2) is 30.4 Å². The Morgan fingerprint density at radius 1 is 1.10 bits per heavy atom. The third-order valence-corrected chi connectivity index (χ3v) is 6.30. The molecule has 0 radical (unpaired) electrons. The van der Waals surface area contributed by atoms with Gasteiger partial charge in [0.25, 0.3) is 0 Å². The summed E-state index contributed by atoms with van der Waals surface area (Å²) in [5, 5.41) is 4.45. The van der Waals surface area contributed by atoms with Gasteiger partial charge in [-0.05, 0) is 66.1 Å². The number of imide groups is 1. The van der Waals surface area contributed by atoms with Gasteiger partial charge in [-0.25, -0.2) is 0 Å².